The Morgan fingerprint density at radius 3 is 1.75 bits per heavy atom. The molecule has 0 amide bonds. The van der Waals surface area contributed by atoms with Crippen LogP contribution >= 0.6 is 0 Å². The van der Waals surface area contributed by atoms with Crippen LogP contribution in [0.4, 0.5) is 0 Å². The maximum atomic E-state index is 9.83. The van der Waals surface area contributed by atoms with Crippen molar-refractivity contribution in [2.45, 2.75) is 89.8 Å². The Kier molecular flexibility index (Phi) is 7.33. The molecule has 1 atom stereocenters. The Balaban J connectivity index is 5.54. The van der Waals surface area contributed by atoms with Crippen molar-refractivity contribution in [3.63, 3.8) is 0 Å². The van der Waals surface area contributed by atoms with Crippen LogP contribution in [0.2, 0.25) is 36.3 Å². The van der Waals surface area contributed by atoms with Gasteiger partial charge in [-0.2, -0.15) is 5.26 Å². The van der Waals surface area contributed by atoms with Crippen LogP contribution < -0.4 is 0 Å². The lowest BCUT2D eigenvalue weighted by Gasteiger charge is -2.41. The number of rotatable bonds is 7. The smallest absolute Gasteiger partial charge is 0.249 e. The molecule has 0 unspecified atom stereocenters. The lowest BCUT2D eigenvalue weighted by molar-refractivity contribution is 0.159. The predicted molar refractivity (Wildman–Crippen MR) is 109 cm³/mol. The molecule has 5 heteroatoms. The molecule has 0 saturated carbocycles. The molecular formula is C19H37NO2Si2. The Morgan fingerprint density at radius 1 is 0.958 bits per heavy atom. The van der Waals surface area contributed by atoms with Crippen molar-refractivity contribution in [3.8, 4) is 6.07 Å². The van der Waals surface area contributed by atoms with E-state index in [2.05, 4.69) is 80.4 Å². The highest BCUT2D eigenvalue weighted by molar-refractivity contribution is 6.74. The fourth-order valence-electron chi connectivity index (χ4n) is 1.56. The van der Waals surface area contributed by atoms with Crippen LogP contribution in [0.5, 0.6) is 0 Å². The van der Waals surface area contributed by atoms with Gasteiger partial charge in [-0.1, -0.05) is 47.6 Å². The van der Waals surface area contributed by atoms with Crippen LogP contribution in [0.1, 0.15) is 48.0 Å². The van der Waals surface area contributed by atoms with E-state index in [9.17, 15) is 5.26 Å². The number of hydrogen-bond donors (Lipinski definition) is 0. The minimum Gasteiger partial charge on any atom is -0.549 e. The molecule has 0 aliphatic carbocycles. The third-order valence-corrected chi connectivity index (χ3v) is 14.2. The van der Waals surface area contributed by atoms with E-state index < -0.39 is 22.2 Å². The van der Waals surface area contributed by atoms with Gasteiger partial charge < -0.3 is 8.85 Å². The fourth-order valence-corrected chi connectivity index (χ4v) is 3.74. The van der Waals surface area contributed by atoms with Crippen LogP contribution in [-0.4, -0.2) is 22.2 Å². The van der Waals surface area contributed by atoms with E-state index in [0.717, 1.165) is 0 Å². The molecule has 0 bridgehead atoms. The van der Waals surface area contributed by atoms with Gasteiger partial charge in [-0.25, -0.2) is 0 Å². The van der Waals surface area contributed by atoms with E-state index in [0.29, 0.717) is 6.42 Å². The predicted octanol–water partition coefficient (Wildman–Crippen LogP) is 6.38. The van der Waals surface area contributed by atoms with Crippen molar-refractivity contribution in [1.82, 2.24) is 0 Å². The second-order valence-electron chi connectivity index (χ2n) is 9.54. The molecule has 0 aliphatic rings. The molecule has 24 heavy (non-hydrogen) atoms. The Morgan fingerprint density at radius 2 is 1.42 bits per heavy atom. The standard InChI is InChI=1S/C19H37NO2Si2/c1-12-13-19(16-20,22-24(10,11)18(5,6)7)14-15-21-23(8,9)17(2,3)4/h12,14-15H,1,13H2,2-11H3/b15-14+/t19-/m1/s1. The van der Waals surface area contributed by atoms with Crippen molar-refractivity contribution in [2.75, 3.05) is 0 Å². The molecule has 0 rings (SSSR count). The van der Waals surface area contributed by atoms with Crippen molar-refractivity contribution < 1.29 is 8.85 Å². The molecule has 0 spiro atoms. The van der Waals surface area contributed by atoms with Gasteiger partial charge in [0.15, 0.2) is 13.9 Å². The van der Waals surface area contributed by atoms with Gasteiger partial charge in [0.2, 0.25) is 8.32 Å². The Bertz CT molecular complexity index is 505. The summed E-state index contributed by atoms with van der Waals surface area (Å²) in [5.41, 5.74) is -1.01. The number of nitriles is 1. The van der Waals surface area contributed by atoms with Crippen LogP contribution in [0.3, 0.4) is 0 Å². The van der Waals surface area contributed by atoms with Crippen molar-refractivity contribution in [3.05, 3.63) is 25.0 Å². The highest BCUT2D eigenvalue weighted by Gasteiger charge is 2.44. The van der Waals surface area contributed by atoms with Gasteiger partial charge in [0.25, 0.3) is 0 Å². The normalized spacial score (nSPS) is 16.5. The third kappa shape index (κ3) is 5.91. The zero-order valence-electron chi connectivity index (χ0n) is 17.4. The maximum Gasteiger partial charge on any atom is 0.249 e. The van der Waals surface area contributed by atoms with Gasteiger partial charge in [0.1, 0.15) is 6.07 Å². The second kappa shape index (κ2) is 7.59. The molecule has 3 nitrogen and oxygen atoms in total. The fraction of sp³-hybridized carbons (Fsp3) is 0.737. The van der Waals surface area contributed by atoms with E-state index in [1.807, 2.05) is 0 Å². The molecule has 0 aromatic rings. The number of hydrogen-bond acceptors (Lipinski definition) is 3. The molecular weight excluding hydrogens is 330 g/mol. The van der Waals surface area contributed by atoms with Crippen LogP contribution in [0.15, 0.2) is 25.0 Å². The van der Waals surface area contributed by atoms with E-state index in [1.54, 1.807) is 18.4 Å². The van der Waals surface area contributed by atoms with Gasteiger partial charge in [-0.15, -0.1) is 6.58 Å². The van der Waals surface area contributed by atoms with Crippen molar-refractivity contribution in [1.29, 1.82) is 5.26 Å². The molecule has 0 aliphatic heterocycles. The summed E-state index contributed by atoms with van der Waals surface area (Å²) in [6, 6.07) is 2.36. The Labute approximate surface area is 152 Å². The molecule has 0 aromatic heterocycles. The summed E-state index contributed by atoms with van der Waals surface area (Å²) in [6.07, 6.45) is 5.67. The summed E-state index contributed by atoms with van der Waals surface area (Å²) in [5.74, 6) is 0. The van der Waals surface area contributed by atoms with E-state index in [-0.39, 0.29) is 10.1 Å². The second-order valence-corrected chi connectivity index (χ2v) is 19.0. The molecule has 0 N–H and O–H groups in total. The van der Waals surface area contributed by atoms with E-state index in [1.165, 1.54) is 0 Å². The first-order valence-corrected chi connectivity index (χ1v) is 14.4. The maximum absolute atomic E-state index is 9.83. The minimum absolute atomic E-state index is 0.0321. The number of nitrogens with zero attached hydrogens (tertiary/aromatic N) is 1. The van der Waals surface area contributed by atoms with E-state index >= 15 is 0 Å². The monoisotopic (exact) mass is 367 g/mol. The van der Waals surface area contributed by atoms with Crippen LogP contribution in [0, 0.1) is 11.3 Å². The van der Waals surface area contributed by atoms with Gasteiger partial charge in [0, 0.05) is 6.42 Å². The van der Waals surface area contributed by atoms with Gasteiger partial charge in [-0.3, -0.25) is 0 Å². The summed E-state index contributed by atoms with van der Waals surface area (Å²) in [6.45, 7) is 25.6. The average molecular weight is 368 g/mol. The average Bonchev–Trinajstić information content (AvgIpc) is 2.35. The molecule has 0 radical (unpaired) electrons. The summed E-state index contributed by atoms with van der Waals surface area (Å²) >= 11 is 0. The first kappa shape index (κ1) is 23.2. The van der Waals surface area contributed by atoms with Crippen LogP contribution in [-0.2, 0) is 8.85 Å². The molecule has 138 valence electrons. The third-order valence-electron chi connectivity index (χ3n) is 5.39. The summed E-state index contributed by atoms with van der Waals surface area (Å²) in [5, 5.41) is 9.98. The summed E-state index contributed by atoms with van der Waals surface area (Å²) < 4.78 is 12.5. The lowest BCUT2D eigenvalue weighted by Crippen LogP contribution is -2.48. The van der Waals surface area contributed by atoms with Crippen molar-refractivity contribution >= 4 is 16.6 Å². The SMILES string of the molecule is C=CC[C@](C#N)(/C=C/O[Si](C)(C)C(C)(C)C)O[Si](C)(C)C(C)(C)C. The van der Waals surface area contributed by atoms with E-state index in [4.69, 9.17) is 8.85 Å². The lowest BCUT2D eigenvalue weighted by atomic mass is 10.0. The van der Waals surface area contributed by atoms with Gasteiger partial charge in [0.05, 0.1) is 6.26 Å². The highest BCUT2D eigenvalue weighted by atomic mass is 28.4. The topological polar surface area (TPSA) is 42.2 Å². The summed E-state index contributed by atoms with van der Waals surface area (Å²) in [7, 11) is -4.00. The first-order chi connectivity index (χ1) is 10.5. The Hall–Kier alpha value is -0.836. The van der Waals surface area contributed by atoms with Gasteiger partial charge in [-0.05, 0) is 42.3 Å². The summed E-state index contributed by atoms with van der Waals surface area (Å²) in [4.78, 5) is 0. The molecule has 0 aromatic carbocycles. The largest absolute Gasteiger partial charge is 0.549 e. The molecule has 0 saturated heterocycles. The minimum atomic E-state index is -2.10. The first-order valence-electron chi connectivity index (χ1n) is 8.61. The van der Waals surface area contributed by atoms with Crippen molar-refractivity contribution in [2.24, 2.45) is 0 Å². The zero-order chi connectivity index (χ0) is 19.4. The van der Waals surface area contributed by atoms with Gasteiger partial charge >= 0.3 is 0 Å². The molecule has 0 fully saturated rings. The van der Waals surface area contributed by atoms with Crippen LogP contribution in [0.25, 0.3) is 0 Å². The molecule has 0 heterocycles. The quantitative estimate of drug-likeness (QED) is 0.298. The zero-order valence-corrected chi connectivity index (χ0v) is 19.4. The highest BCUT2D eigenvalue weighted by Crippen LogP contribution is 2.41.